The summed E-state index contributed by atoms with van der Waals surface area (Å²) in [5.74, 6) is 0. The third-order valence-electron chi connectivity index (χ3n) is 2.31. The summed E-state index contributed by atoms with van der Waals surface area (Å²) in [6.45, 7) is 5.15. The minimum atomic E-state index is -3.50. The number of rotatable bonds is 3. The van der Waals surface area contributed by atoms with Gasteiger partial charge in [0.05, 0.1) is 0 Å². The summed E-state index contributed by atoms with van der Waals surface area (Å²) < 4.78 is 23.5. The molecule has 0 unspecified atom stereocenters. The van der Waals surface area contributed by atoms with Gasteiger partial charge in [-0.05, 0) is 12.8 Å². The number of nitrogens with zero attached hydrogens (tertiary/aromatic N) is 1. The Hall–Kier alpha value is -0.170. The van der Waals surface area contributed by atoms with Gasteiger partial charge < -0.3 is 5.32 Å². The van der Waals surface area contributed by atoms with Crippen molar-refractivity contribution in [3.05, 3.63) is 0 Å². The van der Waals surface area contributed by atoms with Gasteiger partial charge in [0.1, 0.15) is 0 Å². The second-order valence-electron chi connectivity index (χ2n) is 4.06. The highest BCUT2D eigenvalue weighted by Gasteiger charge is 2.26. The van der Waals surface area contributed by atoms with Gasteiger partial charge in [-0.1, -0.05) is 13.8 Å². The maximum atomic E-state index is 11.1. The van der Waals surface area contributed by atoms with E-state index in [2.05, 4.69) is 19.2 Å². The van der Waals surface area contributed by atoms with E-state index >= 15 is 0 Å². The van der Waals surface area contributed by atoms with Crippen molar-refractivity contribution in [2.45, 2.75) is 38.8 Å². The Morgan fingerprint density at radius 1 is 1.50 bits per heavy atom. The van der Waals surface area contributed by atoms with Gasteiger partial charge in [0.15, 0.2) is 0 Å². The van der Waals surface area contributed by atoms with Gasteiger partial charge in [-0.3, -0.25) is 0 Å². The topological polar surface area (TPSA) is 75.4 Å². The van der Waals surface area contributed by atoms with E-state index in [-0.39, 0.29) is 6.04 Å². The third kappa shape index (κ3) is 3.53. The summed E-state index contributed by atoms with van der Waals surface area (Å²) in [5.41, 5.74) is 0. The van der Waals surface area contributed by atoms with E-state index in [1.807, 2.05) is 0 Å². The molecule has 84 valence electrons. The number of nitrogens with two attached hydrogens (primary N) is 1. The molecule has 0 aromatic carbocycles. The van der Waals surface area contributed by atoms with Crippen LogP contribution in [0.1, 0.15) is 26.7 Å². The smallest absolute Gasteiger partial charge is 0.276 e. The van der Waals surface area contributed by atoms with Crippen LogP contribution >= 0.6 is 0 Å². The zero-order chi connectivity index (χ0) is 10.8. The first-order valence-corrected chi connectivity index (χ1v) is 6.44. The standard InChI is InChI=1S/C8H19N3O2S/c1-7(2)10-8-4-3-5-11(6-8)14(9,12)13/h7-8,10H,3-6H2,1-2H3,(H2,9,12,13)/t8-/m1/s1. The molecule has 1 heterocycles. The van der Waals surface area contributed by atoms with Gasteiger partial charge in [-0.2, -0.15) is 12.7 Å². The normalized spacial score (nSPS) is 25.6. The fraction of sp³-hybridized carbons (Fsp3) is 1.00. The molecular weight excluding hydrogens is 202 g/mol. The highest BCUT2D eigenvalue weighted by atomic mass is 32.2. The van der Waals surface area contributed by atoms with Crippen molar-refractivity contribution in [3.8, 4) is 0 Å². The molecule has 0 aromatic heterocycles. The molecule has 0 aromatic rings. The number of piperidine rings is 1. The summed E-state index contributed by atoms with van der Waals surface area (Å²) in [4.78, 5) is 0. The van der Waals surface area contributed by atoms with Crippen molar-refractivity contribution < 1.29 is 8.42 Å². The van der Waals surface area contributed by atoms with E-state index in [4.69, 9.17) is 5.14 Å². The first-order valence-electron chi connectivity index (χ1n) is 4.93. The van der Waals surface area contributed by atoms with Gasteiger partial charge in [0, 0.05) is 25.2 Å². The van der Waals surface area contributed by atoms with Crippen LogP contribution in [-0.2, 0) is 10.2 Å². The molecule has 5 nitrogen and oxygen atoms in total. The molecule has 6 heteroatoms. The minimum absolute atomic E-state index is 0.238. The van der Waals surface area contributed by atoms with Crippen LogP contribution in [0.2, 0.25) is 0 Å². The molecule has 0 spiro atoms. The molecule has 0 bridgehead atoms. The van der Waals surface area contributed by atoms with Crippen molar-refractivity contribution in [2.24, 2.45) is 5.14 Å². The summed E-state index contributed by atoms with van der Waals surface area (Å²) in [6, 6.07) is 0.613. The Morgan fingerprint density at radius 2 is 2.14 bits per heavy atom. The molecule has 1 fully saturated rings. The van der Waals surface area contributed by atoms with Crippen LogP contribution in [0.4, 0.5) is 0 Å². The highest BCUT2D eigenvalue weighted by Crippen LogP contribution is 2.12. The SMILES string of the molecule is CC(C)N[C@@H]1CCCN(S(N)(=O)=O)C1. The van der Waals surface area contributed by atoms with Crippen molar-refractivity contribution in [3.63, 3.8) is 0 Å². The average molecular weight is 221 g/mol. The maximum Gasteiger partial charge on any atom is 0.276 e. The Balaban J connectivity index is 2.52. The summed E-state index contributed by atoms with van der Waals surface area (Å²) in [5, 5.41) is 8.40. The lowest BCUT2D eigenvalue weighted by Gasteiger charge is -2.32. The van der Waals surface area contributed by atoms with Crippen LogP contribution in [0, 0.1) is 0 Å². The van der Waals surface area contributed by atoms with E-state index in [0.29, 0.717) is 19.1 Å². The first kappa shape index (κ1) is 11.9. The van der Waals surface area contributed by atoms with Crippen LogP contribution in [0.3, 0.4) is 0 Å². The predicted octanol–water partition coefficient (Wildman–Crippen LogP) is -0.348. The molecule has 3 N–H and O–H groups in total. The van der Waals surface area contributed by atoms with Crippen LogP contribution < -0.4 is 10.5 Å². The monoisotopic (exact) mass is 221 g/mol. The van der Waals surface area contributed by atoms with Gasteiger partial charge in [0.25, 0.3) is 10.2 Å². The molecule has 1 saturated heterocycles. The molecule has 1 aliphatic rings. The van der Waals surface area contributed by atoms with Crippen molar-refractivity contribution >= 4 is 10.2 Å². The molecular formula is C8H19N3O2S. The molecule has 14 heavy (non-hydrogen) atoms. The molecule has 1 aliphatic heterocycles. The summed E-state index contributed by atoms with van der Waals surface area (Å²) in [7, 11) is -3.50. The van der Waals surface area contributed by atoms with E-state index in [9.17, 15) is 8.42 Å². The molecule has 0 aliphatic carbocycles. The minimum Gasteiger partial charge on any atom is -0.310 e. The van der Waals surface area contributed by atoms with Gasteiger partial charge in [-0.25, -0.2) is 5.14 Å². The molecule has 0 amide bonds. The van der Waals surface area contributed by atoms with Crippen LogP contribution in [0.5, 0.6) is 0 Å². The Labute approximate surface area is 85.8 Å². The van der Waals surface area contributed by atoms with Gasteiger partial charge in [-0.15, -0.1) is 0 Å². The number of hydrogen-bond donors (Lipinski definition) is 2. The zero-order valence-corrected chi connectivity index (χ0v) is 9.55. The fourth-order valence-corrected chi connectivity index (χ4v) is 2.55. The van der Waals surface area contributed by atoms with Crippen LogP contribution in [-0.4, -0.2) is 37.9 Å². The Morgan fingerprint density at radius 3 is 2.64 bits per heavy atom. The van der Waals surface area contributed by atoms with Gasteiger partial charge >= 0.3 is 0 Å². The fourth-order valence-electron chi connectivity index (χ4n) is 1.78. The van der Waals surface area contributed by atoms with Gasteiger partial charge in [0.2, 0.25) is 0 Å². The Kier molecular flexibility index (Phi) is 3.88. The second kappa shape index (κ2) is 4.57. The maximum absolute atomic E-state index is 11.1. The number of nitrogens with one attached hydrogen (secondary N) is 1. The van der Waals surface area contributed by atoms with Crippen LogP contribution in [0.25, 0.3) is 0 Å². The molecule has 1 rings (SSSR count). The summed E-state index contributed by atoms with van der Waals surface area (Å²) >= 11 is 0. The lowest BCUT2D eigenvalue weighted by Crippen LogP contribution is -2.51. The molecule has 0 saturated carbocycles. The largest absolute Gasteiger partial charge is 0.310 e. The first-order chi connectivity index (χ1) is 6.39. The van der Waals surface area contributed by atoms with E-state index in [0.717, 1.165) is 12.8 Å². The van der Waals surface area contributed by atoms with E-state index in [1.54, 1.807) is 0 Å². The van der Waals surface area contributed by atoms with Crippen LogP contribution in [0.15, 0.2) is 0 Å². The molecule has 0 radical (unpaired) electrons. The predicted molar refractivity (Wildman–Crippen MR) is 56.0 cm³/mol. The lowest BCUT2D eigenvalue weighted by molar-refractivity contribution is 0.273. The van der Waals surface area contributed by atoms with Crippen molar-refractivity contribution in [1.82, 2.24) is 9.62 Å². The lowest BCUT2D eigenvalue weighted by atomic mass is 10.1. The summed E-state index contributed by atoms with van der Waals surface area (Å²) in [6.07, 6.45) is 1.89. The third-order valence-corrected chi connectivity index (χ3v) is 3.36. The highest BCUT2D eigenvalue weighted by molar-refractivity contribution is 7.86. The average Bonchev–Trinajstić information content (AvgIpc) is 2.01. The van der Waals surface area contributed by atoms with Crippen molar-refractivity contribution in [1.29, 1.82) is 0 Å². The quantitative estimate of drug-likeness (QED) is 0.684. The van der Waals surface area contributed by atoms with E-state index in [1.165, 1.54) is 4.31 Å². The molecule has 1 atom stereocenters. The Bertz CT molecular complexity index is 276. The van der Waals surface area contributed by atoms with E-state index < -0.39 is 10.2 Å². The second-order valence-corrected chi connectivity index (χ2v) is 5.61. The zero-order valence-electron chi connectivity index (χ0n) is 8.73. The van der Waals surface area contributed by atoms with Crippen molar-refractivity contribution in [2.75, 3.05) is 13.1 Å². The number of hydrogen-bond acceptors (Lipinski definition) is 3.